The lowest BCUT2D eigenvalue weighted by Crippen LogP contribution is -2.19. The number of rotatable bonds is 4. The first kappa shape index (κ1) is 11.1. The maximum Gasteiger partial charge on any atom is 0.151 e. The molecule has 1 aromatic heterocycles. The number of para-hydroxylation sites is 1. The Bertz CT molecular complexity index is 450. The van der Waals surface area contributed by atoms with Gasteiger partial charge in [0.2, 0.25) is 0 Å². The van der Waals surface area contributed by atoms with Crippen molar-refractivity contribution < 1.29 is 0 Å². The van der Waals surface area contributed by atoms with Crippen molar-refractivity contribution in [2.24, 2.45) is 0 Å². The van der Waals surface area contributed by atoms with Gasteiger partial charge >= 0.3 is 0 Å². The topological polar surface area (TPSA) is 52.8 Å². The third-order valence-corrected chi connectivity index (χ3v) is 2.34. The normalized spacial score (nSPS) is 9.59. The number of aromatic nitrogens is 2. The van der Waals surface area contributed by atoms with E-state index in [4.69, 9.17) is 5.26 Å². The molecule has 1 aromatic carbocycles. The van der Waals surface area contributed by atoms with Crippen molar-refractivity contribution in [3.8, 4) is 6.07 Å². The summed E-state index contributed by atoms with van der Waals surface area (Å²) in [6, 6.07) is 12.0. The first-order chi connectivity index (χ1) is 8.42. The van der Waals surface area contributed by atoms with Gasteiger partial charge in [-0.2, -0.15) is 5.26 Å². The highest BCUT2D eigenvalue weighted by atomic mass is 15.2. The van der Waals surface area contributed by atoms with E-state index in [0.717, 1.165) is 11.5 Å². The van der Waals surface area contributed by atoms with Crippen LogP contribution >= 0.6 is 0 Å². The molecule has 0 aliphatic carbocycles. The molecule has 2 aromatic rings. The minimum absolute atomic E-state index is 0.450. The van der Waals surface area contributed by atoms with E-state index < -0.39 is 0 Å². The molecule has 84 valence electrons. The molecule has 1 heterocycles. The third-order valence-electron chi connectivity index (χ3n) is 2.34. The molecular weight excluding hydrogens is 212 g/mol. The van der Waals surface area contributed by atoms with E-state index in [1.807, 2.05) is 35.2 Å². The van der Waals surface area contributed by atoms with E-state index in [-0.39, 0.29) is 0 Å². The van der Waals surface area contributed by atoms with E-state index in [1.165, 1.54) is 0 Å². The van der Waals surface area contributed by atoms with Crippen molar-refractivity contribution in [2.45, 2.75) is 6.42 Å². The summed E-state index contributed by atoms with van der Waals surface area (Å²) in [5.74, 6) is 0.758. The van der Waals surface area contributed by atoms with Crippen molar-refractivity contribution >= 4 is 11.5 Å². The fourth-order valence-electron chi connectivity index (χ4n) is 1.58. The molecule has 0 saturated carbocycles. The molecule has 0 aliphatic rings. The van der Waals surface area contributed by atoms with Gasteiger partial charge in [-0.1, -0.05) is 18.2 Å². The van der Waals surface area contributed by atoms with Crippen molar-refractivity contribution in [2.75, 3.05) is 11.4 Å². The molecule has 0 radical (unpaired) electrons. The van der Waals surface area contributed by atoms with E-state index >= 15 is 0 Å². The average Bonchev–Trinajstić information content (AvgIpc) is 2.42. The maximum atomic E-state index is 8.70. The van der Waals surface area contributed by atoms with Crippen LogP contribution in [0.2, 0.25) is 0 Å². The summed E-state index contributed by atoms with van der Waals surface area (Å²) in [6.45, 7) is 0.610. The van der Waals surface area contributed by atoms with Gasteiger partial charge in [-0.15, -0.1) is 0 Å². The van der Waals surface area contributed by atoms with Crippen molar-refractivity contribution in [3.05, 3.63) is 48.9 Å². The fourth-order valence-corrected chi connectivity index (χ4v) is 1.58. The summed E-state index contributed by atoms with van der Waals surface area (Å²) in [6.07, 6.45) is 5.43. The van der Waals surface area contributed by atoms with Crippen LogP contribution in [0.4, 0.5) is 11.5 Å². The second-order valence-electron chi connectivity index (χ2n) is 3.46. The predicted octanol–water partition coefficient (Wildman–Crippen LogP) is 2.53. The third kappa shape index (κ3) is 2.79. The molecule has 4 nitrogen and oxygen atoms in total. The molecule has 0 N–H and O–H groups in total. The zero-order valence-electron chi connectivity index (χ0n) is 9.32. The van der Waals surface area contributed by atoms with Crippen LogP contribution in [0, 0.1) is 11.3 Å². The molecule has 17 heavy (non-hydrogen) atoms. The van der Waals surface area contributed by atoms with E-state index in [2.05, 4.69) is 16.0 Å². The largest absolute Gasteiger partial charge is 0.324 e. The quantitative estimate of drug-likeness (QED) is 0.800. The highest BCUT2D eigenvalue weighted by Crippen LogP contribution is 2.22. The Kier molecular flexibility index (Phi) is 3.66. The minimum atomic E-state index is 0.450. The Labute approximate surface area is 100 Å². The van der Waals surface area contributed by atoms with Gasteiger partial charge < -0.3 is 4.90 Å². The predicted molar refractivity (Wildman–Crippen MR) is 65.7 cm³/mol. The first-order valence-corrected chi connectivity index (χ1v) is 5.37. The van der Waals surface area contributed by atoms with Gasteiger partial charge in [0.05, 0.1) is 18.7 Å². The minimum Gasteiger partial charge on any atom is -0.324 e. The summed E-state index contributed by atoms with van der Waals surface area (Å²) < 4.78 is 0. The standard InChI is InChI=1S/C13H12N4/c14-7-4-10-17(12-5-2-1-3-6-12)13-11-15-8-9-16-13/h1-3,5-6,8-9,11H,4,10H2. The monoisotopic (exact) mass is 224 g/mol. The molecule has 0 amide bonds. The first-order valence-electron chi connectivity index (χ1n) is 5.37. The molecule has 2 rings (SSSR count). The fraction of sp³-hybridized carbons (Fsp3) is 0.154. The SMILES string of the molecule is N#CCCN(c1ccccc1)c1cnccn1. The molecule has 0 fully saturated rings. The van der Waals surface area contributed by atoms with Crippen LogP contribution in [0.3, 0.4) is 0 Å². The van der Waals surface area contributed by atoms with Crippen LogP contribution in [0.1, 0.15) is 6.42 Å². The maximum absolute atomic E-state index is 8.70. The summed E-state index contributed by atoms with van der Waals surface area (Å²) in [5, 5.41) is 8.70. The summed E-state index contributed by atoms with van der Waals surface area (Å²) in [5.41, 5.74) is 1.02. The Morgan fingerprint density at radius 1 is 1.18 bits per heavy atom. The van der Waals surface area contributed by atoms with Crippen molar-refractivity contribution in [1.82, 2.24) is 9.97 Å². The van der Waals surface area contributed by atoms with Crippen LogP contribution in [0.25, 0.3) is 0 Å². The van der Waals surface area contributed by atoms with Gasteiger partial charge in [0.15, 0.2) is 5.82 Å². The van der Waals surface area contributed by atoms with Gasteiger partial charge in [-0.3, -0.25) is 4.98 Å². The zero-order valence-corrected chi connectivity index (χ0v) is 9.32. The summed E-state index contributed by atoms with van der Waals surface area (Å²) in [7, 11) is 0. The number of nitriles is 1. The van der Waals surface area contributed by atoms with Crippen molar-refractivity contribution in [1.29, 1.82) is 5.26 Å². The Morgan fingerprint density at radius 2 is 2.00 bits per heavy atom. The Balaban J connectivity index is 2.30. The smallest absolute Gasteiger partial charge is 0.151 e. The summed E-state index contributed by atoms with van der Waals surface area (Å²) in [4.78, 5) is 10.3. The molecule has 0 aliphatic heterocycles. The lowest BCUT2D eigenvalue weighted by molar-refractivity contribution is 0.919. The van der Waals surface area contributed by atoms with Crippen LogP contribution < -0.4 is 4.90 Å². The average molecular weight is 224 g/mol. The molecular formula is C13H12N4. The lowest BCUT2D eigenvalue weighted by Gasteiger charge is -2.22. The highest BCUT2D eigenvalue weighted by molar-refractivity contribution is 5.58. The van der Waals surface area contributed by atoms with Crippen LogP contribution in [-0.4, -0.2) is 16.5 Å². The van der Waals surface area contributed by atoms with Gasteiger partial charge in [0, 0.05) is 24.6 Å². The van der Waals surface area contributed by atoms with Crippen LogP contribution in [0.5, 0.6) is 0 Å². The molecule has 0 spiro atoms. The van der Waals surface area contributed by atoms with Crippen LogP contribution in [0.15, 0.2) is 48.9 Å². The number of benzene rings is 1. The molecule has 4 heteroatoms. The number of hydrogen-bond acceptors (Lipinski definition) is 4. The molecule has 0 bridgehead atoms. The number of nitrogens with zero attached hydrogens (tertiary/aromatic N) is 4. The molecule has 0 saturated heterocycles. The van der Waals surface area contributed by atoms with Crippen molar-refractivity contribution in [3.63, 3.8) is 0 Å². The van der Waals surface area contributed by atoms with Crippen LogP contribution in [-0.2, 0) is 0 Å². The van der Waals surface area contributed by atoms with Gasteiger partial charge in [-0.05, 0) is 12.1 Å². The Hall–Kier alpha value is -2.41. The van der Waals surface area contributed by atoms with E-state index in [9.17, 15) is 0 Å². The van der Waals surface area contributed by atoms with Gasteiger partial charge in [0.25, 0.3) is 0 Å². The number of hydrogen-bond donors (Lipinski definition) is 0. The second-order valence-corrected chi connectivity index (χ2v) is 3.46. The van der Waals surface area contributed by atoms with Gasteiger partial charge in [-0.25, -0.2) is 4.98 Å². The van der Waals surface area contributed by atoms with Gasteiger partial charge in [0.1, 0.15) is 0 Å². The zero-order chi connectivity index (χ0) is 11.9. The molecule has 0 atom stereocenters. The molecule has 0 unspecified atom stereocenters. The van der Waals surface area contributed by atoms with E-state index in [1.54, 1.807) is 18.6 Å². The Morgan fingerprint density at radius 3 is 2.65 bits per heavy atom. The van der Waals surface area contributed by atoms with E-state index in [0.29, 0.717) is 13.0 Å². The second kappa shape index (κ2) is 5.61. The number of anilines is 2. The highest BCUT2D eigenvalue weighted by Gasteiger charge is 2.09. The summed E-state index contributed by atoms with van der Waals surface area (Å²) >= 11 is 0. The lowest BCUT2D eigenvalue weighted by atomic mass is 10.2.